The van der Waals surface area contributed by atoms with Crippen LogP contribution < -0.4 is 0 Å². The fourth-order valence-electron chi connectivity index (χ4n) is 10.1. The highest BCUT2D eigenvalue weighted by Gasteiger charge is 2.52. The Hall–Kier alpha value is -5.42. The second-order valence-corrected chi connectivity index (χ2v) is 18.2. The summed E-state index contributed by atoms with van der Waals surface area (Å²) in [4.78, 5) is 26.6. The lowest BCUT2D eigenvalue weighted by molar-refractivity contribution is -0.436. The molecule has 2 heterocycles. The largest absolute Gasteiger partial charge is 0.481 e. The van der Waals surface area contributed by atoms with Crippen LogP contribution in [0.25, 0.3) is 0 Å². The van der Waals surface area contributed by atoms with E-state index in [2.05, 4.69) is 91.0 Å². The molecule has 3 aromatic carbocycles. The predicted octanol–water partition coefficient (Wildman–Crippen LogP) is 13.0. The Bertz CT molecular complexity index is 2440. The standard InChI is InChI=1S/C55H61Cl2N3O4/c1-4-6-7-13-30-54(31-14-15-32-56)46-35-41(5-2)20-24-48(46)59(33-28-52(61)62)50(54)26-21-43(39-58)22-27-51-55(37-42-17-9-8-10-18-42,38-44-19-12-11-16-40(44)3)47-36-45(57)23-25-49(47)60(51)34-29-53(63)64/h8-12,14-27,36,41H,4-7,13,28-35,37-38H2,1-3H3,(H-,61,62,63,64)/p+1. The number of halogens is 2. The molecule has 334 valence electrons. The number of nitrogens with zero attached hydrogens (tertiary/aromatic N) is 3. The fraction of sp³-hybridized carbons (Fsp3) is 0.382. The van der Waals surface area contributed by atoms with Crippen LogP contribution in [0.4, 0.5) is 5.69 Å². The summed E-state index contributed by atoms with van der Waals surface area (Å²) in [6.07, 6.45) is 25.4. The summed E-state index contributed by atoms with van der Waals surface area (Å²) < 4.78 is 2.11. The molecule has 7 nitrogen and oxygen atoms in total. The van der Waals surface area contributed by atoms with E-state index >= 15 is 0 Å². The Morgan fingerprint density at radius 1 is 0.953 bits per heavy atom. The predicted molar refractivity (Wildman–Crippen MR) is 260 cm³/mol. The molecule has 0 aromatic heterocycles. The average molecular weight is 900 g/mol. The Morgan fingerprint density at radius 3 is 2.42 bits per heavy atom. The molecule has 3 aliphatic rings. The molecule has 0 amide bonds. The van der Waals surface area contributed by atoms with Crippen molar-refractivity contribution in [3.05, 3.63) is 171 Å². The van der Waals surface area contributed by atoms with Gasteiger partial charge in [0.2, 0.25) is 5.69 Å². The summed E-state index contributed by atoms with van der Waals surface area (Å²) in [6, 6.07) is 27.0. The summed E-state index contributed by atoms with van der Waals surface area (Å²) in [7, 11) is 0. The van der Waals surface area contributed by atoms with Gasteiger partial charge in [-0.15, -0.1) is 11.6 Å². The van der Waals surface area contributed by atoms with Crippen molar-refractivity contribution in [3.63, 3.8) is 0 Å². The molecule has 3 unspecified atom stereocenters. The van der Waals surface area contributed by atoms with Crippen molar-refractivity contribution in [1.29, 1.82) is 5.26 Å². The lowest BCUT2D eigenvalue weighted by atomic mass is 9.68. The fourth-order valence-corrected chi connectivity index (χ4v) is 10.4. The van der Waals surface area contributed by atoms with E-state index in [4.69, 9.17) is 23.2 Å². The van der Waals surface area contributed by atoms with Gasteiger partial charge in [-0.3, -0.25) is 9.59 Å². The molecule has 2 aliphatic heterocycles. The van der Waals surface area contributed by atoms with E-state index in [0.717, 1.165) is 90.0 Å². The van der Waals surface area contributed by atoms with Crippen LogP contribution in [0, 0.1) is 29.6 Å². The normalized spacial score (nSPS) is 21.4. The van der Waals surface area contributed by atoms with Gasteiger partial charge < -0.3 is 15.1 Å². The monoisotopic (exact) mass is 898 g/mol. The molecular weight excluding hydrogens is 838 g/mol. The van der Waals surface area contributed by atoms with Crippen LogP contribution in [0.2, 0.25) is 5.02 Å². The molecule has 0 spiro atoms. The third-order valence-corrected chi connectivity index (χ3v) is 13.8. The molecule has 0 bridgehead atoms. The zero-order valence-electron chi connectivity index (χ0n) is 37.5. The van der Waals surface area contributed by atoms with Crippen molar-refractivity contribution in [3.8, 4) is 6.07 Å². The number of fused-ring (bicyclic) bond motifs is 1. The molecule has 0 radical (unpaired) electrons. The number of nitriles is 1. The maximum absolute atomic E-state index is 12.2. The minimum atomic E-state index is -0.901. The van der Waals surface area contributed by atoms with Gasteiger partial charge in [0, 0.05) is 52.0 Å². The van der Waals surface area contributed by atoms with Gasteiger partial charge in [-0.2, -0.15) is 9.84 Å². The van der Waals surface area contributed by atoms with E-state index in [9.17, 15) is 25.1 Å². The van der Waals surface area contributed by atoms with Crippen LogP contribution in [-0.2, 0) is 27.8 Å². The molecule has 0 saturated heterocycles. The SMILES string of the molecule is CCCCCCC1(CC=CCCl)C2=C(C=CC(CC)C2)N(CCC(=O)O)/C1=C/C=C(C#N)/C=C/C1=[N+](CCC(=O)O)c2ccc(Cl)cc2C1(Cc1ccccc1)Cc1ccccc1C. The number of hydrogen-bond donors (Lipinski definition) is 2. The molecule has 6 rings (SSSR count). The van der Waals surface area contributed by atoms with Crippen molar-refractivity contribution in [2.24, 2.45) is 11.3 Å². The number of aliphatic carboxylic acids is 2. The highest BCUT2D eigenvalue weighted by Crippen LogP contribution is 2.57. The molecule has 0 fully saturated rings. The van der Waals surface area contributed by atoms with Crippen molar-refractivity contribution < 1.29 is 24.4 Å². The van der Waals surface area contributed by atoms with Gasteiger partial charge >= 0.3 is 11.9 Å². The van der Waals surface area contributed by atoms with Gasteiger partial charge in [-0.1, -0.05) is 124 Å². The zero-order chi connectivity index (χ0) is 45.7. The minimum Gasteiger partial charge on any atom is -0.481 e. The highest BCUT2D eigenvalue weighted by atomic mass is 35.5. The van der Waals surface area contributed by atoms with Gasteiger partial charge in [0.05, 0.1) is 23.5 Å². The van der Waals surface area contributed by atoms with Crippen molar-refractivity contribution in [2.75, 3.05) is 19.0 Å². The number of carbonyl (C=O) groups is 2. The quantitative estimate of drug-likeness (QED) is 0.0260. The lowest BCUT2D eigenvalue weighted by Crippen LogP contribution is -2.39. The average Bonchev–Trinajstić information content (AvgIpc) is 3.68. The van der Waals surface area contributed by atoms with Crippen LogP contribution in [0.5, 0.6) is 0 Å². The Kier molecular flexibility index (Phi) is 16.9. The van der Waals surface area contributed by atoms with Crippen LogP contribution in [-0.4, -0.2) is 56.3 Å². The highest BCUT2D eigenvalue weighted by molar-refractivity contribution is 6.30. The molecular formula is C55H62Cl2N3O4+. The molecule has 1 aliphatic carbocycles. The minimum absolute atomic E-state index is 0.0310. The van der Waals surface area contributed by atoms with Crippen molar-refractivity contribution in [2.45, 2.75) is 103 Å². The Balaban J connectivity index is 1.55. The number of allylic oxidation sites excluding steroid dienone is 10. The second-order valence-electron chi connectivity index (χ2n) is 17.4. The van der Waals surface area contributed by atoms with E-state index in [-0.39, 0.29) is 19.4 Å². The van der Waals surface area contributed by atoms with Crippen LogP contribution in [0.15, 0.2) is 144 Å². The number of benzene rings is 3. The topological polar surface area (TPSA) is 105 Å². The number of alkyl halides is 1. The third kappa shape index (κ3) is 10.9. The summed E-state index contributed by atoms with van der Waals surface area (Å²) in [5.74, 6) is -0.989. The van der Waals surface area contributed by atoms with E-state index in [0.29, 0.717) is 48.2 Å². The van der Waals surface area contributed by atoms with Crippen molar-refractivity contribution in [1.82, 2.24) is 4.90 Å². The summed E-state index contributed by atoms with van der Waals surface area (Å²) in [6.45, 7) is 7.07. The van der Waals surface area contributed by atoms with Gasteiger partial charge in [0.15, 0.2) is 12.3 Å². The lowest BCUT2D eigenvalue weighted by Gasteiger charge is -2.36. The Labute approximate surface area is 390 Å². The van der Waals surface area contributed by atoms with Crippen LogP contribution >= 0.6 is 23.2 Å². The second kappa shape index (κ2) is 22.5. The number of rotatable bonds is 22. The van der Waals surface area contributed by atoms with E-state index in [1.54, 1.807) is 0 Å². The van der Waals surface area contributed by atoms with Gasteiger partial charge in [-0.25, -0.2) is 0 Å². The summed E-state index contributed by atoms with van der Waals surface area (Å²) in [5.41, 5.74) is 8.96. The molecule has 2 N–H and O–H groups in total. The van der Waals surface area contributed by atoms with Gasteiger partial charge in [0.25, 0.3) is 0 Å². The first kappa shape index (κ1) is 48.0. The van der Waals surface area contributed by atoms with E-state index in [1.807, 2.05) is 66.8 Å². The Morgan fingerprint density at radius 2 is 1.72 bits per heavy atom. The van der Waals surface area contributed by atoms with Crippen LogP contribution in [0.3, 0.4) is 0 Å². The molecule has 64 heavy (non-hydrogen) atoms. The summed E-state index contributed by atoms with van der Waals surface area (Å²) >= 11 is 13.1. The number of aryl methyl sites for hydroxylation is 1. The maximum atomic E-state index is 12.2. The first-order chi connectivity index (χ1) is 31.0. The zero-order valence-corrected chi connectivity index (χ0v) is 39.1. The van der Waals surface area contributed by atoms with E-state index in [1.165, 1.54) is 5.57 Å². The first-order valence-electron chi connectivity index (χ1n) is 22.9. The molecule has 3 aromatic rings. The first-order valence-corrected chi connectivity index (χ1v) is 23.8. The third-order valence-electron chi connectivity index (χ3n) is 13.4. The molecule has 0 saturated carbocycles. The number of carboxylic acids is 2. The maximum Gasteiger partial charge on any atom is 0.309 e. The summed E-state index contributed by atoms with van der Waals surface area (Å²) in [5, 5.41) is 31.5. The molecule has 9 heteroatoms. The molecule has 3 atom stereocenters. The van der Waals surface area contributed by atoms with Gasteiger partial charge in [-0.05, 0) is 110 Å². The van der Waals surface area contributed by atoms with Crippen molar-refractivity contribution >= 4 is 46.5 Å². The van der Waals surface area contributed by atoms with Gasteiger partial charge in [0.1, 0.15) is 6.42 Å². The van der Waals surface area contributed by atoms with Crippen LogP contribution in [0.1, 0.15) is 100 Å². The smallest absolute Gasteiger partial charge is 0.309 e. The number of carboxylic acid groups (broad SMARTS) is 2. The van der Waals surface area contributed by atoms with E-state index < -0.39 is 22.8 Å². The number of unbranched alkanes of at least 4 members (excludes halogenated alkanes) is 3. The number of hydrogen-bond acceptors (Lipinski definition) is 4.